The summed E-state index contributed by atoms with van der Waals surface area (Å²) >= 11 is 3.51. The van der Waals surface area contributed by atoms with Crippen molar-refractivity contribution in [3.63, 3.8) is 0 Å². The van der Waals surface area contributed by atoms with Crippen molar-refractivity contribution in [2.75, 3.05) is 20.1 Å². The van der Waals surface area contributed by atoms with Crippen LogP contribution in [-0.4, -0.2) is 46.8 Å². The SMILES string of the molecule is CCNC(=NCC1CCCC1O)N(C)Cc1cc(Br)cn1C. The van der Waals surface area contributed by atoms with E-state index in [1.807, 2.05) is 14.1 Å². The molecule has 2 N–H and O–H groups in total. The van der Waals surface area contributed by atoms with E-state index in [0.717, 1.165) is 42.8 Å². The number of aromatic nitrogens is 1. The Morgan fingerprint density at radius 2 is 2.32 bits per heavy atom. The summed E-state index contributed by atoms with van der Waals surface area (Å²) in [5, 5.41) is 13.3. The Morgan fingerprint density at radius 3 is 2.86 bits per heavy atom. The van der Waals surface area contributed by atoms with Gasteiger partial charge in [0, 0.05) is 49.5 Å². The molecule has 2 unspecified atom stereocenters. The number of aliphatic hydroxyl groups is 1. The topological polar surface area (TPSA) is 52.8 Å². The highest BCUT2D eigenvalue weighted by Crippen LogP contribution is 2.25. The summed E-state index contributed by atoms with van der Waals surface area (Å²) in [7, 11) is 4.10. The lowest BCUT2D eigenvalue weighted by Crippen LogP contribution is -2.39. The molecule has 0 amide bonds. The minimum absolute atomic E-state index is 0.180. The Hall–Kier alpha value is -1.01. The Morgan fingerprint density at radius 1 is 1.55 bits per heavy atom. The lowest BCUT2D eigenvalue weighted by Gasteiger charge is -2.23. The lowest BCUT2D eigenvalue weighted by atomic mass is 10.1. The zero-order valence-corrected chi connectivity index (χ0v) is 15.3. The third kappa shape index (κ3) is 4.49. The van der Waals surface area contributed by atoms with Crippen molar-refractivity contribution in [1.82, 2.24) is 14.8 Å². The van der Waals surface area contributed by atoms with E-state index < -0.39 is 0 Å². The van der Waals surface area contributed by atoms with E-state index in [-0.39, 0.29) is 6.10 Å². The normalized spacial score (nSPS) is 22.1. The van der Waals surface area contributed by atoms with Gasteiger partial charge in [-0.05, 0) is 41.8 Å². The molecule has 2 atom stereocenters. The van der Waals surface area contributed by atoms with Crippen LogP contribution in [0.1, 0.15) is 31.9 Å². The summed E-state index contributed by atoms with van der Waals surface area (Å²) in [5.74, 6) is 1.21. The maximum absolute atomic E-state index is 9.93. The van der Waals surface area contributed by atoms with Gasteiger partial charge in [-0.1, -0.05) is 6.42 Å². The van der Waals surface area contributed by atoms with Gasteiger partial charge in [-0.3, -0.25) is 4.99 Å². The average molecular weight is 371 g/mol. The van der Waals surface area contributed by atoms with Crippen molar-refractivity contribution < 1.29 is 5.11 Å². The van der Waals surface area contributed by atoms with Gasteiger partial charge in [-0.25, -0.2) is 0 Å². The fourth-order valence-electron chi connectivity index (χ4n) is 2.94. The van der Waals surface area contributed by atoms with Crippen LogP contribution in [0, 0.1) is 5.92 Å². The summed E-state index contributed by atoms with van der Waals surface area (Å²) < 4.78 is 3.21. The molecule has 0 aromatic carbocycles. The maximum Gasteiger partial charge on any atom is 0.194 e. The summed E-state index contributed by atoms with van der Waals surface area (Å²) in [6, 6.07) is 2.13. The molecule has 5 nitrogen and oxygen atoms in total. The van der Waals surface area contributed by atoms with Gasteiger partial charge < -0.3 is 19.9 Å². The van der Waals surface area contributed by atoms with Gasteiger partial charge in [-0.15, -0.1) is 0 Å². The van der Waals surface area contributed by atoms with Crippen LogP contribution < -0.4 is 5.32 Å². The van der Waals surface area contributed by atoms with Crippen LogP contribution in [-0.2, 0) is 13.6 Å². The molecule has 1 heterocycles. The molecule has 1 aliphatic rings. The molecule has 0 bridgehead atoms. The number of hydrogen-bond acceptors (Lipinski definition) is 2. The van der Waals surface area contributed by atoms with Crippen LogP contribution in [0.2, 0.25) is 0 Å². The number of aryl methyl sites for hydroxylation is 1. The molecule has 0 radical (unpaired) electrons. The largest absolute Gasteiger partial charge is 0.393 e. The molecule has 0 spiro atoms. The Balaban J connectivity index is 2.00. The number of aliphatic hydroxyl groups excluding tert-OH is 1. The standard InChI is InChI=1S/C16H27BrN4O/c1-4-18-16(19-9-12-6-5-7-15(12)22)21(3)11-14-8-13(17)10-20(14)2/h8,10,12,15,22H,4-7,9,11H2,1-3H3,(H,18,19). The van der Waals surface area contributed by atoms with Crippen LogP contribution >= 0.6 is 15.9 Å². The van der Waals surface area contributed by atoms with Gasteiger partial charge in [0.1, 0.15) is 0 Å². The number of hydrogen-bond donors (Lipinski definition) is 2. The molecule has 2 rings (SSSR count). The molecule has 1 aliphatic carbocycles. The number of guanidine groups is 1. The second-order valence-electron chi connectivity index (χ2n) is 6.07. The second kappa shape index (κ2) is 8.02. The van der Waals surface area contributed by atoms with Crippen molar-refractivity contribution in [2.45, 2.75) is 38.8 Å². The van der Waals surface area contributed by atoms with E-state index in [1.165, 1.54) is 5.69 Å². The highest BCUT2D eigenvalue weighted by atomic mass is 79.9. The second-order valence-corrected chi connectivity index (χ2v) is 6.99. The van der Waals surface area contributed by atoms with Crippen molar-refractivity contribution in [3.05, 3.63) is 22.4 Å². The Kier molecular flexibility index (Phi) is 6.32. The fourth-order valence-corrected chi connectivity index (χ4v) is 3.52. The number of halogens is 1. The molecule has 6 heteroatoms. The first-order valence-electron chi connectivity index (χ1n) is 7.99. The predicted octanol–water partition coefficient (Wildman–Crippen LogP) is 2.35. The van der Waals surface area contributed by atoms with Crippen molar-refractivity contribution in [2.24, 2.45) is 18.0 Å². The zero-order chi connectivity index (χ0) is 16.1. The first-order valence-corrected chi connectivity index (χ1v) is 8.78. The number of nitrogens with one attached hydrogen (secondary N) is 1. The van der Waals surface area contributed by atoms with Crippen LogP contribution in [0.25, 0.3) is 0 Å². The molecule has 1 saturated carbocycles. The molecule has 1 fully saturated rings. The molecular formula is C16H27BrN4O. The van der Waals surface area contributed by atoms with Crippen molar-refractivity contribution in [3.8, 4) is 0 Å². The molecule has 1 aromatic heterocycles. The summed E-state index contributed by atoms with van der Waals surface area (Å²) in [6.07, 6.45) is 5.00. The van der Waals surface area contributed by atoms with E-state index in [1.54, 1.807) is 0 Å². The van der Waals surface area contributed by atoms with Gasteiger partial charge in [0.2, 0.25) is 0 Å². The molecule has 0 saturated heterocycles. The third-order valence-corrected chi connectivity index (χ3v) is 4.70. The zero-order valence-electron chi connectivity index (χ0n) is 13.7. The number of nitrogens with zero attached hydrogens (tertiary/aromatic N) is 3. The fraction of sp³-hybridized carbons (Fsp3) is 0.688. The quantitative estimate of drug-likeness (QED) is 0.617. The smallest absolute Gasteiger partial charge is 0.194 e. The molecule has 0 aliphatic heterocycles. The number of aliphatic imine (C=N–C) groups is 1. The highest BCUT2D eigenvalue weighted by Gasteiger charge is 2.25. The highest BCUT2D eigenvalue weighted by molar-refractivity contribution is 9.10. The monoisotopic (exact) mass is 370 g/mol. The van der Waals surface area contributed by atoms with Gasteiger partial charge >= 0.3 is 0 Å². The van der Waals surface area contributed by atoms with Crippen molar-refractivity contribution >= 4 is 21.9 Å². The van der Waals surface area contributed by atoms with E-state index in [9.17, 15) is 5.11 Å². The maximum atomic E-state index is 9.93. The molecular weight excluding hydrogens is 344 g/mol. The van der Waals surface area contributed by atoms with Gasteiger partial charge in [0.05, 0.1) is 12.6 Å². The van der Waals surface area contributed by atoms with E-state index >= 15 is 0 Å². The van der Waals surface area contributed by atoms with Crippen molar-refractivity contribution in [1.29, 1.82) is 0 Å². The lowest BCUT2D eigenvalue weighted by molar-refractivity contribution is 0.136. The minimum Gasteiger partial charge on any atom is -0.393 e. The Labute approximate surface area is 141 Å². The summed E-state index contributed by atoms with van der Waals surface area (Å²) in [5.41, 5.74) is 1.22. The summed E-state index contributed by atoms with van der Waals surface area (Å²) in [4.78, 5) is 6.86. The van der Waals surface area contributed by atoms with Crippen LogP contribution in [0.3, 0.4) is 0 Å². The third-order valence-electron chi connectivity index (χ3n) is 4.26. The van der Waals surface area contributed by atoms with Crippen LogP contribution in [0.15, 0.2) is 21.7 Å². The van der Waals surface area contributed by atoms with Gasteiger partial charge in [0.15, 0.2) is 5.96 Å². The minimum atomic E-state index is -0.180. The van der Waals surface area contributed by atoms with E-state index in [4.69, 9.17) is 4.99 Å². The van der Waals surface area contributed by atoms with Gasteiger partial charge in [-0.2, -0.15) is 0 Å². The van der Waals surface area contributed by atoms with Crippen LogP contribution in [0.5, 0.6) is 0 Å². The number of rotatable bonds is 5. The van der Waals surface area contributed by atoms with E-state index in [0.29, 0.717) is 12.5 Å². The molecule has 124 valence electrons. The predicted molar refractivity (Wildman–Crippen MR) is 93.9 cm³/mol. The molecule has 22 heavy (non-hydrogen) atoms. The summed E-state index contributed by atoms with van der Waals surface area (Å²) in [6.45, 7) is 4.41. The molecule has 1 aromatic rings. The average Bonchev–Trinajstić information content (AvgIpc) is 3.00. The van der Waals surface area contributed by atoms with Gasteiger partial charge in [0.25, 0.3) is 0 Å². The van der Waals surface area contributed by atoms with Crippen LogP contribution in [0.4, 0.5) is 0 Å². The Bertz CT molecular complexity index is 514. The first-order chi connectivity index (χ1) is 10.5. The van der Waals surface area contributed by atoms with E-state index in [2.05, 4.69) is 49.9 Å². The first kappa shape index (κ1) is 17.3.